The monoisotopic (exact) mass is 348 g/mol. The number of halogens is 5. The Labute approximate surface area is 134 Å². The predicted octanol–water partition coefficient (Wildman–Crippen LogP) is 3.30. The fourth-order valence-electron chi connectivity index (χ4n) is 1.31. The molecule has 130 valence electrons. The summed E-state index contributed by atoms with van der Waals surface area (Å²) in [6.07, 6.45) is -4.38. The van der Waals surface area contributed by atoms with Crippen LogP contribution in [0.2, 0.25) is 0 Å². The number of nitrogens with zero attached hydrogens (tertiary/aromatic N) is 1. The Morgan fingerprint density at radius 3 is 2.08 bits per heavy atom. The summed E-state index contributed by atoms with van der Waals surface area (Å²) in [5.74, 6) is -2.87. The summed E-state index contributed by atoms with van der Waals surface area (Å²) >= 11 is 0. The summed E-state index contributed by atoms with van der Waals surface area (Å²) in [5, 5.41) is 9.80. The minimum Gasteiger partial charge on any atom is -0.322 e. The first-order valence-electron chi connectivity index (χ1n) is 6.31. The molecule has 1 rings (SSSR count). The lowest BCUT2D eigenvalue weighted by atomic mass is 10.1. The van der Waals surface area contributed by atoms with Gasteiger partial charge in [0.2, 0.25) is 5.91 Å². The molecule has 0 aliphatic heterocycles. The number of ketones is 1. The highest BCUT2D eigenvalue weighted by Crippen LogP contribution is 2.23. The predicted molar refractivity (Wildman–Crippen MR) is 74.4 cm³/mol. The molecule has 0 heterocycles. The zero-order chi connectivity index (χ0) is 19.1. The Kier molecular flexibility index (Phi) is 7.76. The highest BCUT2D eigenvalue weighted by atomic mass is 19.4. The largest absolute Gasteiger partial charge is 0.431 e. The molecule has 0 aromatic heterocycles. The Bertz CT molecular complexity index is 703. The van der Waals surface area contributed by atoms with Crippen molar-refractivity contribution < 1.29 is 31.5 Å². The third kappa shape index (κ3) is 7.49. The van der Waals surface area contributed by atoms with Crippen LogP contribution in [0.1, 0.15) is 25.0 Å². The molecule has 0 saturated heterocycles. The molecule has 0 unspecified atom stereocenters. The van der Waals surface area contributed by atoms with Crippen LogP contribution in [-0.4, -0.2) is 17.9 Å². The molecule has 0 atom stereocenters. The molecule has 0 bridgehead atoms. The molecule has 0 radical (unpaired) electrons. The van der Waals surface area contributed by atoms with E-state index in [0.29, 0.717) is 6.08 Å². The summed E-state index contributed by atoms with van der Waals surface area (Å²) in [4.78, 5) is 20.7. The number of allylic oxidation sites excluding steroid dienone is 2. The second kappa shape index (κ2) is 8.76. The molecule has 9 heteroatoms. The molecule has 24 heavy (non-hydrogen) atoms. The standard InChI is InChI=1S/C8H5F2N.C7H8F3NO2/c1-5-2-8(10)6(4-11)3-7(5)9;1-4(12)3-6(7(8,9)10)11-5(2)13/h2-3H,1H3;3H,1-2H3,(H,11,13)/b;6-3-. The van der Waals surface area contributed by atoms with Gasteiger partial charge >= 0.3 is 6.18 Å². The number of alkyl halides is 3. The summed E-state index contributed by atoms with van der Waals surface area (Å²) in [6.45, 7) is 3.34. The Morgan fingerprint density at radius 1 is 1.17 bits per heavy atom. The van der Waals surface area contributed by atoms with Gasteiger partial charge in [0.1, 0.15) is 23.4 Å². The van der Waals surface area contributed by atoms with Crippen LogP contribution in [0.5, 0.6) is 0 Å². The van der Waals surface area contributed by atoms with Crippen LogP contribution in [-0.2, 0) is 9.59 Å². The van der Waals surface area contributed by atoms with E-state index in [1.165, 1.54) is 12.2 Å². The van der Waals surface area contributed by atoms with Gasteiger partial charge in [-0.3, -0.25) is 9.59 Å². The van der Waals surface area contributed by atoms with E-state index >= 15 is 0 Å². The van der Waals surface area contributed by atoms with Gasteiger partial charge in [0.15, 0.2) is 5.78 Å². The van der Waals surface area contributed by atoms with Crippen molar-refractivity contribution in [1.29, 1.82) is 5.26 Å². The number of carbonyl (C=O) groups excluding carboxylic acids is 2. The zero-order valence-electron chi connectivity index (χ0n) is 12.9. The van der Waals surface area contributed by atoms with Crippen molar-refractivity contribution in [3.05, 3.63) is 46.7 Å². The molecule has 1 N–H and O–H groups in total. The first kappa shape index (κ1) is 21.2. The third-order valence-electron chi connectivity index (χ3n) is 2.33. The molecular weight excluding hydrogens is 335 g/mol. The Morgan fingerprint density at radius 2 is 1.71 bits per heavy atom. The van der Waals surface area contributed by atoms with Crippen molar-refractivity contribution in [3.8, 4) is 6.07 Å². The molecular formula is C15H13F5N2O2. The maximum Gasteiger partial charge on any atom is 0.431 e. The maximum absolute atomic E-state index is 12.6. The number of carbonyl (C=O) groups is 2. The Balaban J connectivity index is 0.000000446. The first-order valence-corrected chi connectivity index (χ1v) is 6.31. The van der Waals surface area contributed by atoms with E-state index in [9.17, 15) is 31.5 Å². The summed E-state index contributed by atoms with van der Waals surface area (Å²) < 4.78 is 61.3. The van der Waals surface area contributed by atoms with Gasteiger partial charge in [0.25, 0.3) is 0 Å². The molecule has 1 aromatic rings. The van der Waals surface area contributed by atoms with E-state index in [1.54, 1.807) is 6.07 Å². The molecule has 1 aromatic carbocycles. The lowest BCUT2D eigenvalue weighted by Gasteiger charge is -2.10. The van der Waals surface area contributed by atoms with Gasteiger partial charge in [0.05, 0.1) is 5.56 Å². The van der Waals surface area contributed by atoms with Crippen molar-refractivity contribution in [1.82, 2.24) is 5.32 Å². The molecule has 0 aliphatic carbocycles. The minimum atomic E-state index is -4.71. The van der Waals surface area contributed by atoms with E-state index in [1.807, 2.05) is 0 Å². The van der Waals surface area contributed by atoms with E-state index in [0.717, 1.165) is 26.0 Å². The van der Waals surface area contributed by atoms with Crippen LogP contribution in [0, 0.1) is 29.9 Å². The van der Waals surface area contributed by atoms with E-state index in [4.69, 9.17) is 5.26 Å². The Hall–Kier alpha value is -2.76. The smallest absolute Gasteiger partial charge is 0.322 e. The van der Waals surface area contributed by atoms with E-state index in [-0.39, 0.29) is 11.1 Å². The van der Waals surface area contributed by atoms with Crippen LogP contribution >= 0.6 is 0 Å². The van der Waals surface area contributed by atoms with Crippen LogP contribution in [0.4, 0.5) is 22.0 Å². The number of amides is 1. The molecule has 0 fully saturated rings. The van der Waals surface area contributed by atoms with Crippen LogP contribution in [0.25, 0.3) is 0 Å². The van der Waals surface area contributed by atoms with Crippen molar-refractivity contribution >= 4 is 11.7 Å². The zero-order valence-corrected chi connectivity index (χ0v) is 12.9. The van der Waals surface area contributed by atoms with Gasteiger partial charge in [-0.25, -0.2) is 8.78 Å². The summed E-state index contributed by atoms with van der Waals surface area (Å²) in [6, 6.07) is 3.45. The molecule has 0 spiro atoms. The molecule has 0 aliphatic rings. The molecule has 4 nitrogen and oxygen atoms in total. The van der Waals surface area contributed by atoms with Crippen molar-refractivity contribution in [3.63, 3.8) is 0 Å². The average Bonchev–Trinajstić information content (AvgIpc) is 2.41. The van der Waals surface area contributed by atoms with Crippen LogP contribution in [0.3, 0.4) is 0 Å². The highest BCUT2D eigenvalue weighted by molar-refractivity contribution is 5.89. The fraction of sp³-hybridized carbons (Fsp3) is 0.267. The maximum atomic E-state index is 12.6. The molecule has 0 saturated carbocycles. The van der Waals surface area contributed by atoms with Gasteiger partial charge in [-0.2, -0.15) is 18.4 Å². The lowest BCUT2D eigenvalue weighted by Crippen LogP contribution is -2.30. The van der Waals surface area contributed by atoms with Gasteiger partial charge in [0, 0.05) is 13.0 Å². The van der Waals surface area contributed by atoms with Gasteiger partial charge in [-0.05, 0) is 31.5 Å². The first-order chi connectivity index (χ1) is 10.9. The number of rotatable bonds is 2. The molecule has 1 amide bonds. The number of aryl methyl sites for hydroxylation is 1. The number of hydrogen-bond donors (Lipinski definition) is 1. The number of nitriles is 1. The van der Waals surface area contributed by atoms with Crippen LogP contribution in [0.15, 0.2) is 23.9 Å². The fourth-order valence-corrected chi connectivity index (χ4v) is 1.31. The number of nitrogens with one attached hydrogen (secondary N) is 1. The second-order valence-electron chi connectivity index (χ2n) is 4.54. The van der Waals surface area contributed by atoms with Gasteiger partial charge in [-0.15, -0.1) is 0 Å². The summed E-state index contributed by atoms with van der Waals surface area (Å²) in [7, 11) is 0. The van der Waals surface area contributed by atoms with Crippen LogP contribution < -0.4 is 5.32 Å². The number of hydrogen-bond acceptors (Lipinski definition) is 3. The minimum absolute atomic E-state index is 0.210. The van der Waals surface area contributed by atoms with Crippen molar-refractivity contribution in [2.24, 2.45) is 0 Å². The topological polar surface area (TPSA) is 70.0 Å². The summed E-state index contributed by atoms with van der Waals surface area (Å²) in [5.41, 5.74) is -1.39. The average molecular weight is 348 g/mol. The number of benzene rings is 1. The lowest BCUT2D eigenvalue weighted by molar-refractivity contribution is -0.125. The van der Waals surface area contributed by atoms with Gasteiger partial charge in [-0.1, -0.05) is 0 Å². The quantitative estimate of drug-likeness (QED) is 0.658. The normalized spacial score (nSPS) is 11.0. The van der Waals surface area contributed by atoms with E-state index < -0.39 is 35.2 Å². The van der Waals surface area contributed by atoms with Gasteiger partial charge < -0.3 is 5.32 Å². The SMILES string of the molecule is CC(=O)/C=C(\NC(C)=O)C(F)(F)F.Cc1cc(F)c(C#N)cc1F. The highest BCUT2D eigenvalue weighted by Gasteiger charge is 2.34. The van der Waals surface area contributed by atoms with Crippen molar-refractivity contribution in [2.75, 3.05) is 0 Å². The van der Waals surface area contributed by atoms with E-state index in [2.05, 4.69) is 0 Å². The van der Waals surface area contributed by atoms with Crippen molar-refractivity contribution in [2.45, 2.75) is 26.9 Å². The third-order valence-corrected chi connectivity index (χ3v) is 2.33. The second-order valence-corrected chi connectivity index (χ2v) is 4.54.